The van der Waals surface area contributed by atoms with Crippen LogP contribution in [0.15, 0.2) is 24.3 Å². The number of nitrogens with zero attached hydrogens (tertiary/aromatic N) is 1. The average Bonchev–Trinajstić information content (AvgIpc) is 3.55. The van der Waals surface area contributed by atoms with Gasteiger partial charge in [0.25, 0.3) is 5.91 Å². The fourth-order valence-electron chi connectivity index (χ4n) is 3.43. The van der Waals surface area contributed by atoms with Gasteiger partial charge < -0.3 is 15.5 Å². The van der Waals surface area contributed by atoms with Crippen molar-refractivity contribution in [2.75, 3.05) is 18.4 Å². The van der Waals surface area contributed by atoms with Gasteiger partial charge in [0, 0.05) is 42.2 Å². The third-order valence-electron chi connectivity index (χ3n) is 5.41. The topological polar surface area (TPSA) is 78.5 Å². The number of rotatable bonds is 5. The van der Waals surface area contributed by atoms with Crippen molar-refractivity contribution in [3.05, 3.63) is 29.8 Å². The maximum absolute atomic E-state index is 12.5. The van der Waals surface area contributed by atoms with Crippen LogP contribution in [0.25, 0.3) is 0 Å². The van der Waals surface area contributed by atoms with Crippen LogP contribution in [0.5, 0.6) is 0 Å². The zero-order valence-electron chi connectivity index (χ0n) is 14.9. The maximum atomic E-state index is 12.5. The Morgan fingerprint density at radius 1 is 0.923 bits per heavy atom. The minimum atomic E-state index is -0.0875. The number of amides is 3. The lowest BCUT2D eigenvalue weighted by molar-refractivity contribution is -0.135. The molecule has 0 spiro atoms. The van der Waals surface area contributed by atoms with Crippen molar-refractivity contribution in [1.82, 2.24) is 10.2 Å². The summed E-state index contributed by atoms with van der Waals surface area (Å²) in [5, 5.41) is 5.89. The number of nitrogens with one attached hydrogen (secondary N) is 2. The molecule has 26 heavy (non-hydrogen) atoms. The summed E-state index contributed by atoms with van der Waals surface area (Å²) < 4.78 is 0. The molecule has 0 atom stereocenters. The highest BCUT2D eigenvalue weighted by Gasteiger charge is 2.36. The summed E-state index contributed by atoms with van der Waals surface area (Å²) in [5.74, 6) is 0.309. The Kier molecular flexibility index (Phi) is 4.66. The highest BCUT2D eigenvalue weighted by atomic mass is 16.2. The molecule has 2 saturated carbocycles. The fraction of sp³-hybridized carbons (Fsp3) is 0.550. The standard InChI is InChI=1S/C20H25N3O3/c24-18(13-8-10-23(11-9-13)20(26)14-4-5-14)22-17-3-1-2-15(12-17)19(25)21-16-6-7-16/h1-3,12-14,16H,4-11H2,(H,21,25)(H,22,24). The lowest BCUT2D eigenvalue weighted by Gasteiger charge is -2.31. The molecule has 3 fully saturated rings. The van der Waals surface area contributed by atoms with Gasteiger partial charge in [-0.15, -0.1) is 0 Å². The van der Waals surface area contributed by atoms with Gasteiger partial charge in [-0.05, 0) is 56.7 Å². The van der Waals surface area contributed by atoms with Gasteiger partial charge in [-0.2, -0.15) is 0 Å². The molecule has 0 aromatic heterocycles. The van der Waals surface area contributed by atoms with Crippen molar-refractivity contribution in [2.24, 2.45) is 11.8 Å². The molecule has 1 aromatic carbocycles. The molecule has 1 saturated heterocycles. The van der Waals surface area contributed by atoms with E-state index in [0.717, 1.165) is 25.7 Å². The molecule has 1 heterocycles. The Morgan fingerprint density at radius 2 is 1.65 bits per heavy atom. The first kappa shape index (κ1) is 17.1. The summed E-state index contributed by atoms with van der Waals surface area (Å²) in [7, 11) is 0. The van der Waals surface area contributed by atoms with Gasteiger partial charge in [0.2, 0.25) is 11.8 Å². The number of benzene rings is 1. The second-order valence-corrected chi connectivity index (χ2v) is 7.69. The number of carbonyl (C=O) groups excluding carboxylic acids is 3. The lowest BCUT2D eigenvalue weighted by Crippen LogP contribution is -2.42. The molecule has 138 valence electrons. The third-order valence-corrected chi connectivity index (χ3v) is 5.41. The van der Waals surface area contributed by atoms with Crippen LogP contribution in [0, 0.1) is 11.8 Å². The van der Waals surface area contributed by atoms with Gasteiger partial charge in [0.1, 0.15) is 0 Å². The van der Waals surface area contributed by atoms with E-state index in [1.165, 1.54) is 0 Å². The van der Waals surface area contributed by atoms with E-state index in [1.807, 2.05) is 4.90 Å². The van der Waals surface area contributed by atoms with Crippen LogP contribution in [0.2, 0.25) is 0 Å². The Hall–Kier alpha value is -2.37. The Balaban J connectivity index is 1.30. The quantitative estimate of drug-likeness (QED) is 0.850. The van der Waals surface area contributed by atoms with Crippen LogP contribution in [0.3, 0.4) is 0 Å². The van der Waals surface area contributed by atoms with Crippen LogP contribution in [0.1, 0.15) is 48.9 Å². The predicted molar refractivity (Wildman–Crippen MR) is 97.6 cm³/mol. The highest BCUT2D eigenvalue weighted by Crippen LogP contribution is 2.32. The number of anilines is 1. The average molecular weight is 355 g/mol. The van der Waals surface area contributed by atoms with Crippen LogP contribution in [-0.4, -0.2) is 41.8 Å². The van der Waals surface area contributed by atoms with Crippen molar-refractivity contribution in [3.8, 4) is 0 Å². The zero-order chi connectivity index (χ0) is 18.1. The predicted octanol–water partition coefficient (Wildman–Crippen LogP) is 2.17. The van der Waals surface area contributed by atoms with Crippen molar-refractivity contribution in [3.63, 3.8) is 0 Å². The molecular formula is C20H25N3O3. The molecule has 0 radical (unpaired) electrons. The number of carbonyl (C=O) groups is 3. The number of piperidine rings is 1. The number of likely N-dealkylation sites (tertiary alicyclic amines) is 1. The third kappa shape index (κ3) is 4.06. The SMILES string of the molecule is O=C(NC1CC1)c1cccc(NC(=O)C2CCN(C(=O)C3CC3)CC2)c1. The van der Waals surface area contributed by atoms with Gasteiger partial charge in [-0.1, -0.05) is 6.07 Å². The molecule has 4 rings (SSSR count). The molecule has 0 bridgehead atoms. The van der Waals surface area contributed by atoms with Crippen molar-refractivity contribution in [2.45, 2.75) is 44.6 Å². The van der Waals surface area contributed by atoms with E-state index in [2.05, 4.69) is 10.6 Å². The molecular weight excluding hydrogens is 330 g/mol. The molecule has 3 aliphatic rings. The van der Waals surface area contributed by atoms with Crippen LogP contribution in [0.4, 0.5) is 5.69 Å². The summed E-state index contributed by atoms with van der Waals surface area (Å²) in [4.78, 5) is 38.7. The molecule has 1 aliphatic heterocycles. The van der Waals surface area contributed by atoms with Crippen LogP contribution in [-0.2, 0) is 9.59 Å². The zero-order valence-corrected chi connectivity index (χ0v) is 14.9. The summed E-state index contributed by atoms with van der Waals surface area (Å²) in [5.41, 5.74) is 1.22. The van der Waals surface area contributed by atoms with Gasteiger partial charge in [0.05, 0.1) is 0 Å². The van der Waals surface area contributed by atoms with Gasteiger partial charge in [0.15, 0.2) is 0 Å². The molecule has 0 unspecified atom stereocenters. The first-order chi connectivity index (χ1) is 12.6. The number of hydrogen-bond donors (Lipinski definition) is 2. The van der Waals surface area contributed by atoms with E-state index >= 15 is 0 Å². The highest BCUT2D eigenvalue weighted by molar-refractivity contribution is 5.98. The van der Waals surface area contributed by atoms with Crippen molar-refractivity contribution in [1.29, 1.82) is 0 Å². The van der Waals surface area contributed by atoms with Crippen LogP contribution >= 0.6 is 0 Å². The van der Waals surface area contributed by atoms with Gasteiger partial charge in [-0.25, -0.2) is 0 Å². The normalized spacial score (nSPS) is 20.5. The summed E-state index contributed by atoms with van der Waals surface area (Å²) in [6.45, 7) is 1.33. The maximum Gasteiger partial charge on any atom is 0.251 e. The molecule has 6 heteroatoms. The molecule has 2 N–H and O–H groups in total. The van der Waals surface area contributed by atoms with E-state index in [1.54, 1.807) is 24.3 Å². The van der Waals surface area contributed by atoms with Crippen molar-refractivity contribution >= 4 is 23.4 Å². The van der Waals surface area contributed by atoms with Gasteiger partial charge >= 0.3 is 0 Å². The minimum Gasteiger partial charge on any atom is -0.349 e. The fourth-order valence-corrected chi connectivity index (χ4v) is 3.43. The first-order valence-corrected chi connectivity index (χ1v) is 9.61. The monoisotopic (exact) mass is 355 g/mol. The van der Waals surface area contributed by atoms with Crippen molar-refractivity contribution < 1.29 is 14.4 Å². The van der Waals surface area contributed by atoms with E-state index in [4.69, 9.17) is 0 Å². The van der Waals surface area contributed by atoms with E-state index in [0.29, 0.717) is 43.2 Å². The van der Waals surface area contributed by atoms with E-state index in [9.17, 15) is 14.4 Å². The van der Waals surface area contributed by atoms with E-state index in [-0.39, 0.29) is 29.6 Å². The minimum absolute atomic E-state index is 0.0247. The molecule has 1 aromatic rings. The molecule has 3 amide bonds. The lowest BCUT2D eigenvalue weighted by atomic mass is 9.95. The first-order valence-electron chi connectivity index (χ1n) is 9.61. The Bertz CT molecular complexity index is 717. The molecule has 2 aliphatic carbocycles. The second kappa shape index (κ2) is 7.09. The van der Waals surface area contributed by atoms with E-state index < -0.39 is 0 Å². The number of hydrogen-bond acceptors (Lipinski definition) is 3. The second-order valence-electron chi connectivity index (χ2n) is 7.69. The smallest absolute Gasteiger partial charge is 0.251 e. The Labute approximate surface area is 153 Å². The van der Waals surface area contributed by atoms with Crippen LogP contribution < -0.4 is 10.6 Å². The molecule has 6 nitrogen and oxygen atoms in total. The summed E-state index contributed by atoms with van der Waals surface area (Å²) in [6.07, 6.45) is 5.53. The largest absolute Gasteiger partial charge is 0.349 e. The Morgan fingerprint density at radius 3 is 2.31 bits per heavy atom. The summed E-state index contributed by atoms with van der Waals surface area (Å²) in [6, 6.07) is 7.38. The van der Waals surface area contributed by atoms with Gasteiger partial charge in [-0.3, -0.25) is 14.4 Å². The summed E-state index contributed by atoms with van der Waals surface area (Å²) >= 11 is 0.